The van der Waals surface area contributed by atoms with E-state index >= 15 is 0 Å². The summed E-state index contributed by atoms with van der Waals surface area (Å²) in [5.74, 6) is -0.376. The minimum atomic E-state index is -0.246. The molecule has 0 aromatic carbocycles. The molecule has 0 heterocycles. The number of ether oxygens (including phenoxy) is 1. The lowest BCUT2D eigenvalue weighted by atomic mass is 10.3. The molecular weight excluding hydrogens is 196 g/mol. The topological polar surface area (TPSA) is 58.6 Å². The van der Waals surface area contributed by atoms with Gasteiger partial charge < -0.3 is 15.0 Å². The third-order valence-corrected chi connectivity index (χ3v) is 2.06. The van der Waals surface area contributed by atoms with E-state index in [4.69, 9.17) is 4.74 Å². The van der Waals surface area contributed by atoms with Crippen molar-refractivity contribution >= 4 is 11.8 Å². The fraction of sp³-hybridized carbons (Fsp3) is 0.800. The zero-order chi connectivity index (χ0) is 11.7. The molecule has 0 aliphatic heterocycles. The Balaban J connectivity index is 3.80. The lowest BCUT2D eigenvalue weighted by molar-refractivity contribution is -0.135. The van der Waals surface area contributed by atoms with E-state index in [9.17, 15) is 9.59 Å². The van der Waals surface area contributed by atoms with E-state index in [0.717, 1.165) is 0 Å². The molecule has 0 spiro atoms. The molecular formula is C10H20N2O3. The summed E-state index contributed by atoms with van der Waals surface area (Å²) in [6, 6.07) is 0. The van der Waals surface area contributed by atoms with Crippen LogP contribution in [0.15, 0.2) is 0 Å². The van der Waals surface area contributed by atoms with Crippen LogP contribution in [0.3, 0.4) is 0 Å². The molecule has 15 heavy (non-hydrogen) atoms. The van der Waals surface area contributed by atoms with Crippen molar-refractivity contribution < 1.29 is 14.3 Å². The van der Waals surface area contributed by atoms with Crippen LogP contribution in [0.4, 0.5) is 0 Å². The summed E-state index contributed by atoms with van der Waals surface area (Å²) in [6.07, 6.45) is -0.0780. The van der Waals surface area contributed by atoms with Gasteiger partial charge in [-0.25, -0.2) is 0 Å². The monoisotopic (exact) mass is 216 g/mol. The maximum absolute atomic E-state index is 11.5. The van der Waals surface area contributed by atoms with Gasteiger partial charge in [0.25, 0.3) is 0 Å². The Hall–Kier alpha value is -1.10. The molecule has 0 saturated carbocycles. The third kappa shape index (κ3) is 6.06. The summed E-state index contributed by atoms with van der Waals surface area (Å²) < 4.78 is 4.78. The van der Waals surface area contributed by atoms with Gasteiger partial charge in [0.05, 0.1) is 6.61 Å². The van der Waals surface area contributed by atoms with Gasteiger partial charge in [-0.3, -0.25) is 9.59 Å². The van der Waals surface area contributed by atoms with Gasteiger partial charge in [-0.1, -0.05) is 0 Å². The summed E-state index contributed by atoms with van der Waals surface area (Å²) in [7, 11) is 1.56. The van der Waals surface area contributed by atoms with E-state index in [0.29, 0.717) is 26.2 Å². The number of rotatable bonds is 7. The highest BCUT2D eigenvalue weighted by atomic mass is 16.5. The van der Waals surface area contributed by atoms with E-state index in [1.165, 1.54) is 0 Å². The van der Waals surface area contributed by atoms with Crippen LogP contribution < -0.4 is 5.32 Å². The Morgan fingerprint density at radius 3 is 2.33 bits per heavy atom. The SMILES string of the molecule is CCN(CC)C(=O)CC(=O)NCCOC. The average Bonchev–Trinajstić information content (AvgIpc) is 2.20. The number of hydrogen-bond donors (Lipinski definition) is 1. The largest absolute Gasteiger partial charge is 0.383 e. The number of nitrogens with one attached hydrogen (secondary N) is 1. The average molecular weight is 216 g/mol. The Labute approximate surface area is 90.8 Å². The van der Waals surface area contributed by atoms with Crippen LogP contribution >= 0.6 is 0 Å². The zero-order valence-electron chi connectivity index (χ0n) is 9.71. The second-order valence-corrected chi connectivity index (χ2v) is 3.09. The predicted octanol–water partition coefficient (Wildman–Crippen LogP) is 0.00750. The summed E-state index contributed by atoms with van der Waals surface area (Å²) in [5.41, 5.74) is 0. The number of hydrogen-bond acceptors (Lipinski definition) is 3. The first kappa shape index (κ1) is 13.9. The normalized spacial score (nSPS) is 9.80. The molecule has 0 unspecified atom stereocenters. The van der Waals surface area contributed by atoms with Gasteiger partial charge in [0, 0.05) is 26.7 Å². The van der Waals surface area contributed by atoms with Crippen molar-refractivity contribution in [1.82, 2.24) is 10.2 Å². The minimum absolute atomic E-state index is 0.0780. The van der Waals surface area contributed by atoms with Crippen molar-refractivity contribution in [1.29, 1.82) is 0 Å². The van der Waals surface area contributed by atoms with Crippen LogP contribution in [0.2, 0.25) is 0 Å². The molecule has 5 heteroatoms. The van der Waals surface area contributed by atoms with E-state index in [-0.39, 0.29) is 18.2 Å². The number of amides is 2. The molecule has 0 aromatic rings. The van der Waals surface area contributed by atoms with Crippen LogP contribution in [-0.2, 0) is 14.3 Å². The highest BCUT2D eigenvalue weighted by Crippen LogP contribution is 1.93. The Morgan fingerprint density at radius 1 is 1.27 bits per heavy atom. The van der Waals surface area contributed by atoms with Crippen molar-refractivity contribution in [2.75, 3.05) is 33.4 Å². The molecule has 1 N–H and O–H groups in total. The van der Waals surface area contributed by atoms with Gasteiger partial charge >= 0.3 is 0 Å². The first-order valence-corrected chi connectivity index (χ1v) is 5.19. The number of carbonyl (C=O) groups excluding carboxylic acids is 2. The van der Waals surface area contributed by atoms with Crippen molar-refractivity contribution in [2.24, 2.45) is 0 Å². The van der Waals surface area contributed by atoms with E-state index in [1.54, 1.807) is 12.0 Å². The summed E-state index contributed by atoms with van der Waals surface area (Å²) in [6.45, 7) is 5.97. The van der Waals surface area contributed by atoms with Gasteiger partial charge in [0.1, 0.15) is 6.42 Å². The number of methoxy groups -OCH3 is 1. The van der Waals surface area contributed by atoms with E-state index in [1.807, 2.05) is 13.8 Å². The summed E-state index contributed by atoms with van der Waals surface area (Å²) >= 11 is 0. The molecule has 0 rings (SSSR count). The molecule has 0 radical (unpaired) electrons. The molecule has 0 atom stereocenters. The van der Waals surface area contributed by atoms with Gasteiger partial charge in [-0.15, -0.1) is 0 Å². The molecule has 0 aromatic heterocycles. The molecule has 0 bridgehead atoms. The maximum Gasteiger partial charge on any atom is 0.231 e. The summed E-state index contributed by atoms with van der Waals surface area (Å²) in [4.78, 5) is 24.4. The van der Waals surface area contributed by atoms with Gasteiger partial charge in [0.2, 0.25) is 11.8 Å². The van der Waals surface area contributed by atoms with Gasteiger partial charge in [-0.05, 0) is 13.8 Å². The van der Waals surface area contributed by atoms with Crippen LogP contribution in [0, 0.1) is 0 Å². The quantitative estimate of drug-likeness (QED) is 0.481. The molecule has 5 nitrogen and oxygen atoms in total. The summed E-state index contributed by atoms with van der Waals surface area (Å²) in [5, 5.41) is 2.61. The second kappa shape index (κ2) is 8.23. The first-order chi connectivity index (χ1) is 7.15. The molecule has 0 fully saturated rings. The van der Waals surface area contributed by atoms with Crippen molar-refractivity contribution in [2.45, 2.75) is 20.3 Å². The fourth-order valence-corrected chi connectivity index (χ4v) is 1.18. The highest BCUT2D eigenvalue weighted by molar-refractivity contribution is 5.96. The molecule has 0 aliphatic rings. The lowest BCUT2D eigenvalue weighted by Crippen LogP contribution is -2.36. The van der Waals surface area contributed by atoms with Crippen molar-refractivity contribution in [3.63, 3.8) is 0 Å². The molecule has 0 aliphatic carbocycles. The predicted molar refractivity (Wildman–Crippen MR) is 57.4 cm³/mol. The fourth-order valence-electron chi connectivity index (χ4n) is 1.18. The van der Waals surface area contributed by atoms with Crippen LogP contribution in [0.1, 0.15) is 20.3 Å². The lowest BCUT2D eigenvalue weighted by Gasteiger charge is -2.18. The minimum Gasteiger partial charge on any atom is -0.383 e. The molecule has 2 amide bonds. The number of nitrogens with zero attached hydrogens (tertiary/aromatic N) is 1. The highest BCUT2D eigenvalue weighted by Gasteiger charge is 2.13. The smallest absolute Gasteiger partial charge is 0.231 e. The van der Waals surface area contributed by atoms with Gasteiger partial charge in [0.15, 0.2) is 0 Å². The second-order valence-electron chi connectivity index (χ2n) is 3.09. The van der Waals surface area contributed by atoms with Crippen molar-refractivity contribution in [3.05, 3.63) is 0 Å². The maximum atomic E-state index is 11.5. The molecule has 88 valence electrons. The van der Waals surface area contributed by atoms with Crippen LogP contribution in [-0.4, -0.2) is 50.1 Å². The Kier molecular flexibility index (Phi) is 7.62. The molecule has 0 saturated heterocycles. The Morgan fingerprint density at radius 2 is 1.87 bits per heavy atom. The number of carbonyl (C=O) groups is 2. The van der Waals surface area contributed by atoms with E-state index < -0.39 is 0 Å². The zero-order valence-corrected chi connectivity index (χ0v) is 9.71. The van der Waals surface area contributed by atoms with E-state index in [2.05, 4.69) is 5.32 Å². The van der Waals surface area contributed by atoms with Crippen LogP contribution in [0.5, 0.6) is 0 Å². The van der Waals surface area contributed by atoms with Crippen molar-refractivity contribution in [3.8, 4) is 0 Å². The Bertz CT molecular complexity index is 203. The standard InChI is InChI=1S/C10H20N2O3/c1-4-12(5-2)10(14)8-9(13)11-6-7-15-3/h4-8H2,1-3H3,(H,11,13). The first-order valence-electron chi connectivity index (χ1n) is 5.19. The van der Waals surface area contributed by atoms with Crippen LogP contribution in [0.25, 0.3) is 0 Å². The third-order valence-electron chi connectivity index (χ3n) is 2.06. The van der Waals surface area contributed by atoms with Gasteiger partial charge in [-0.2, -0.15) is 0 Å².